The summed E-state index contributed by atoms with van der Waals surface area (Å²) in [5, 5.41) is 11.0. The number of ether oxygens (including phenoxy) is 1. The molecule has 1 unspecified atom stereocenters. The predicted octanol–water partition coefficient (Wildman–Crippen LogP) is 3.99. The van der Waals surface area contributed by atoms with Crippen molar-refractivity contribution < 1.29 is 18.7 Å². The van der Waals surface area contributed by atoms with Crippen LogP contribution in [0, 0.1) is 12.7 Å². The lowest BCUT2D eigenvalue weighted by Crippen LogP contribution is -2.09. The monoisotopic (exact) mass is 286 g/mol. The van der Waals surface area contributed by atoms with Crippen molar-refractivity contribution in [1.82, 2.24) is 0 Å². The summed E-state index contributed by atoms with van der Waals surface area (Å²) in [4.78, 5) is 0. The molecule has 108 valence electrons. The van der Waals surface area contributed by atoms with Crippen molar-refractivity contribution in [2.24, 2.45) is 0 Å². The van der Waals surface area contributed by atoms with E-state index in [4.69, 9.17) is 9.15 Å². The fourth-order valence-corrected chi connectivity index (χ4v) is 2.13. The van der Waals surface area contributed by atoms with Crippen LogP contribution >= 0.6 is 0 Å². The molecule has 0 amide bonds. The van der Waals surface area contributed by atoms with Crippen LogP contribution in [0.4, 0.5) is 4.39 Å². The zero-order valence-corrected chi connectivity index (χ0v) is 11.5. The maximum absolute atomic E-state index is 13.2. The van der Waals surface area contributed by atoms with Gasteiger partial charge in [0.2, 0.25) is 0 Å². The smallest absolute Gasteiger partial charge is 0.145 e. The van der Waals surface area contributed by atoms with Gasteiger partial charge in [-0.15, -0.1) is 0 Å². The van der Waals surface area contributed by atoms with E-state index in [-0.39, 0.29) is 12.4 Å². The number of benzene rings is 2. The summed E-state index contributed by atoms with van der Waals surface area (Å²) >= 11 is 0. The lowest BCUT2D eigenvalue weighted by molar-refractivity contribution is 0.0902. The molecule has 3 nitrogen and oxygen atoms in total. The van der Waals surface area contributed by atoms with Gasteiger partial charge in [-0.3, -0.25) is 0 Å². The van der Waals surface area contributed by atoms with Crippen LogP contribution in [0.25, 0.3) is 11.0 Å². The van der Waals surface area contributed by atoms with Gasteiger partial charge in [0.05, 0.1) is 0 Å². The Morgan fingerprint density at radius 1 is 1.19 bits per heavy atom. The van der Waals surface area contributed by atoms with Gasteiger partial charge < -0.3 is 14.3 Å². The summed E-state index contributed by atoms with van der Waals surface area (Å²) < 4.78 is 24.2. The second kappa shape index (κ2) is 5.58. The topological polar surface area (TPSA) is 42.6 Å². The highest BCUT2D eigenvalue weighted by Crippen LogP contribution is 2.25. The zero-order chi connectivity index (χ0) is 14.8. The molecular formula is C17H15FO3. The molecule has 4 heteroatoms. The Morgan fingerprint density at radius 2 is 2.00 bits per heavy atom. The number of fused-ring (bicyclic) bond motifs is 1. The number of aliphatic hydroxyl groups is 1. The van der Waals surface area contributed by atoms with E-state index >= 15 is 0 Å². The van der Waals surface area contributed by atoms with Gasteiger partial charge >= 0.3 is 0 Å². The number of hydrogen-bond acceptors (Lipinski definition) is 3. The SMILES string of the molecule is Cc1cc(OCC(O)c2cc3ccccc3o2)ccc1F. The highest BCUT2D eigenvalue weighted by Gasteiger charge is 2.14. The van der Waals surface area contributed by atoms with Crippen molar-refractivity contribution in [3.8, 4) is 5.75 Å². The number of furan rings is 1. The molecule has 1 N–H and O–H groups in total. The van der Waals surface area contributed by atoms with E-state index in [0.717, 1.165) is 11.0 Å². The number of aryl methyl sites for hydroxylation is 1. The molecule has 0 aliphatic rings. The van der Waals surface area contributed by atoms with Gasteiger partial charge in [-0.2, -0.15) is 0 Å². The molecule has 2 aromatic carbocycles. The van der Waals surface area contributed by atoms with Crippen molar-refractivity contribution in [3.05, 3.63) is 65.7 Å². The second-order valence-electron chi connectivity index (χ2n) is 4.92. The fraction of sp³-hybridized carbons (Fsp3) is 0.176. The van der Waals surface area contributed by atoms with Gasteiger partial charge in [-0.1, -0.05) is 18.2 Å². The molecule has 0 radical (unpaired) electrons. The van der Waals surface area contributed by atoms with Crippen LogP contribution < -0.4 is 4.74 Å². The zero-order valence-electron chi connectivity index (χ0n) is 11.5. The molecule has 3 rings (SSSR count). The first kappa shape index (κ1) is 13.6. The largest absolute Gasteiger partial charge is 0.490 e. The average Bonchev–Trinajstić information content (AvgIpc) is 2.92. The second-order valence-corrected chi connectivity index (χ2v) is 4.92. The van der Waals surface area contributed by atoms with Gasteiger partial charge in [-0.25, -0.2) is 4.39 Å². The quantitative estimate of drug-likeness (QED) is 0.788. The number of para-hydroxylation sites is 1. The Kier molecular flexibility index (Phi) is 3.62. The van der Waals surface area contributed by atoms with Crippen molar-refractivity contribution >= 4 is 11.0 Å². The van der Waals surface area contributed by atoms with Crippen molar-refractivity contribution in [1.29, 1.82) is 0 Å². The minimum Gasteiger partial charge on any atom is -0.490 e. The summed E-state index contributed by atoms with van der Waals surface area (Å²) in [5.74, 6) is 0.694. The molecule has 1 atom stereocenters. The third-order valence-corrected chi connectivity index (χ3v) is 3.31. The molecule has 3 aromatic rings. The Labute approximate surface area is 121 Å². The van der Waals surface area contributed by atoms with Crippen LogP contribution in [0.1, 0.15) is 17.4 Å². The molecule has 0 fully saturated rings. The predicted molar refractivity (Wildman–Crippen MR) is 77.8 cm³/mol. The maximum Gasteiger partial charge on any atom is 0.145 e. The van der Waals surface area contributed by atoms with Crippen LogP contribution in [-0.2, 0) is 0 Å². The summed E-state index contributed by atoms with van der Waals surface area (Å²) in [5.41, 5.74) is 1.23. The average molecular weight is 286 g/mol. The number of halogens is 1. The summed E-state index contributed by atoms with van der Waals surface area (Å²) in [6.45, 7) is 1.71. The van der Waals surface area contributed by atoms with E-state index in [1.54, 1.807) is 19.1 Å². The summed E-state index contributed by atoms with van der Waals surface area (Å²) in [6.07, 6.45) is -0.872. The van der Waals surface area contributed by atoms with E-state index in [9.17, 15) is 9.50 Å². The highest BCUT2D eigenvalue weighted by molar-refractivity contribution is 5.77. The van der Waals surface area contributed by atoms with Crippen LogP contribution in [0.3, 0.4) is 0 Å². The molecule has 0 aliphatic carbocycles. The molecule has 1 aromatic heterocycles. The van der Waals surface area contributed by atoms with E-state index in [1.165, 1.54) is 12.1 Å². The fourth-order valence-electron chi connectivity index (χ4n) is 2.13. The van der Waals surface area contributed by atoms with E-state index in [0.29, 0.717) is 17.1 Å². The highest BCUT2D eigenvalue weighted by atomic mass is 19.1. The Bertz CT molecular complexity index is 731. The van der Waals surface area contributed by atoms with Crippen molar-refractivity contribution in [2.45, 2.75) is 13.0 Å². The first-order valence-electron chi connectivity index (χ1n) is 6.69. The van der Waals surface area contributed by atoms with E-state index < -0.39 is 6.10 Å². The molecular weight excluding hydrogens is 271 g/mol. The first-order valence-corrected chi connectivity index (χ1v) is 6.69. The lowest BCUT2D eigenvalue weighted by Gasteiger charge is -2.10. The number of aliphatic hydroxyl groups excluding tert-OH is 1. The van der Waals surface area contributed by atoms with Crippen LogP contribution in [0.5, 0.6) is 5.75 Å². The Balaban J connectivity index is 1.70. The van der Waals surface area contributed by atoms with Gasteiger partial charge in [0.15, 0.2) is 0 Å². The van der Waals surface area contributed by atoms with Crippen LogP contribution in [0.15, 0.2) is 52.9 Å². The normalized spacial score (nSPS) is 12.5. The minimum absolute atomic E-state index is 0.0465. The molecule has 21 heavy (non-hydrogen) atoms. The third-order valence-electron chi connectivity index (χ3n) is 3.31. The maximum atomic E-state index is 13.2. The van der Waals surface area contributed by atoms with E-state index in [2.05, 4.69) is 0 Å². The van der Waals surface area contributed by atoms with Crippen LogP contribution in [-0.4, -0.2) is 11.7 Å². The number of rotatable bonds is 4. The van der Waals surface area contributed by atoms with E-state index in [1.807, 2.05) is 24.3 Å². The van der Waals surface area contributed by atoms with Crippen LogP contribution in [0.2, 0.25) is 0 Å². The van der Waals surface area contributed by atoms with Crippen molar-refractivity contribution in [3.63, 3.8) is 0 Å². The molecule has 0 bridgehead atoms. The summed E-state index contributed by atoms with van der Waals surface area (Å²) in [6, 6.07) is 13.8. The van der Waals surface area contributed by atoms with Gasteiger partial charge in [0, 0.05) is 5.39 Å². The molecule has 0 spiro atoms. The molecule has 1 heterocycles. The summed E-state index contributed by atoms with van der Waals surface area (Å²) in [7, 11) is 0. The lowest BCUT2D eigenvalue weighted by atomic mass is 10.2. The van der Waals surface area contributed by atoms with Gasteiger partial charge in [0.1, 0.15) is 35.6 Å². The van der Waals surface area contributed by atoms with Gasteiger partial charge in [-0.05, 0) is 42.8 Å². The molecule has 0 aliphatic heterocycles. The molecule has 0 saturated heterocycles. The Hall–Kier alpha value is -2.33. The van der Waals surface area contributed by atoms with Crippen molar-refractivity contribution in [2.75, 3.05) is 6.61 Å². The molecule has 0 saturated carbocycles. The first-order chi connectivity index (χ1) is 10.1. The minimum atomic E-state index is -0.872. The van der Waals surface area contributed by atoms with Gasteiger partial charge in [0.25, 0.3) is 0 Å². The Morgan fingerprint density at radius 3 is 2.76 bits per heavy atom. The third kappa shape index (κ3) is 2.90. The standard InChI is InChI=1S/C17H15FO3/c1-11-8-13(6-7-14(11)18)20-10-15(19)17-9-12-4-2-3-5-16(12)21-17/h2-9,15,19H,10H2,1H3. The number of hydrogen-bond donors (Lipinski definition) is 1.